The lowest BCUT2D eigenvalue weighted by atomic mass is 10.1. The number of hydrogen-bond acceptors (Lipinski definition) is 3. The molecule has 2 amide bonds. The highest BCUT2D eigenvalue weighted by Crippen LogP contribution is 2.21. The van der Waals surface area contributed by atoms with Gasteiger partial charge in [-0.25, -0.2) is 9.80 Å². The molecule has 5 nitrogen and oxygen atoms in total. The Bertz CT molecular complexity index is 638. The first-order valence-corrected chi connectivity index (χ1v) is 5.75. The van der Waals surface area contributed by atoms with Crippen LogP contribution in [-0.4, -0.2) is 31.4 Å². The third-order valence-corrected chi connectivity index (χ3v) is 2.77. The Balaban J connectivity index is 2.29. The van der Waals surface area contributed by atoms with Gasteiger partial charge in [0.25, 0.3) is 0 Å². The van der Waals surface area contributed by atoms with Crippen molar-refractivity contribution in [2.75, 3.05) is 14.2 Å². The maximum Gasteiger partial charge on any atom is 0.334 e. The Hall–Kier alpha value is -2.56. The molecule has 0 unspecified atom stereocenters. The zero-order valence-corrected chi connectivity index (χ0v) is 10.8. The van der Waals surface area contributed by atoms with E-state index in [9.17, 15) is 4.79 Å². The lowest BCUT2D eigenvalue weighted by molar-refractivity contribution is 0.220. The lowest BCUT2D eigenvalue weighted by Gasteiger charge is -2.06. The Morgan fingerprint density at radius 1 is 1.26 bits per heavy atom. The summed E-state index contributed by atoms with van der Waals surface area (Å²) >= 11 is 0. The van der Waals surface area contributed by atoms with E-state index in [1.165, 1.54) is 7.05 Å². The van der Waals surface area contributed by atoms with Gasteiger partial charge >= 0.3 is 6.03 Å². The zero-order chi connectivity index (χ0) is 13.8. The molecule has 0 spiro atoms. The summed E-state index contributed by atoms with van der Waals surface area (Å²) in [7, 11) is 3.15. The zero-order valence-electron chi connectivity index (χ0n) is 10.8. The minimum Gasteiger partial charge on any atom is -0.497 e. The van der Waals surface area contributed by atoms with Gasteiger partial charge < -0.3 is 10.5 Å². The van der Waals surface area contributed by atoms with Crippen LogP contribution in [0.3, 0.4) is 0 Å². The van der Waals surface area contributed by atoms with E-state index in [2.05, 4.69) is 5.10 Å². The van der Waals surface area contributed by atoms with Crippen molar-refractivity contribution in [3.63, 3.8) is 0 Å². The van der Waals surface area contributed by atoms with Crippen molar-refractivity contribution in [3.8, 4) is 5.75 Å². The number of amides is 2. The van der Waals surface area contributed by atoms with Crippen molar-refractivity contribution in [1.29, 1.82) is 0 Å². The van der Waals surface area contributed by atoms with Gasteiger partial charge in [0.15, 0.2) is 0 Å². The number of carbonyl (C=O) groups is 1. The number of nitrogens with two attached hydrogens (primary N) is 1. The second kappa shape index (κ2) is 5.39. The average molecular weight is 257 g/mol. The summed E-state index contributed by atoms with van der Waals surface area (Å²) in [5.41, 5.74) is 5.98. The standard InChI is InChI=1S/C14H15N3O2/c1-17(14(15)18)16-9-10-3-4-12-8-13(19-2)6-5-11(12)7-10/h3-9H,1-2H3,(H2,15,18). The van der Waals surface area contributed by atoms with Gasteiger partial charge in [-0.05, 0) is 34.5 Å². The van der Waals surface area contributed by atoms with Crippen LogP contribution < -0.4 is 10.5 Å². The van der Waals surface area contributed by atoms with E-state index in [1.807, 2.05) is 36.4 Å². The number of urea groups is 1. The van der Waals surface area contributed by atoms with E-state index >= 15 is 0 Å². The predicted molar refractivity (Wildman–Crippen MR) is 75.4 cm³/mol. The smallest absolute Gasteiger partial charge is 0.334 e. The Labute approximate surface area is 111 Å². The average Bonchev–Trinajstić information content (AvgIpc) is 2.43. The number of hydrogen-bond donors (Lipinski definition) is 1. The van der Waals surface area contributed by atoms with Gasteiger partial charge in [0.1, 0.15) is 5.75 Å². The van der Waals surface area contributed by atoms with Crippen molar-refractivity contribution in [3.05, 3.63) is 42.0 Å². The second-order valence-corrected chi connectivity index (χ2v) is 4.08. The fourth-order valence-electron chi connectivity index (χ4n) is 1.66. The first-order chi connectivity index (χ1) is 9.10. The Kier molecular flexibility index (Phi) is 3.66. The first-order valence-electron chi connectivity index (χ1n) is 5.75. The molecule has 0 aliphatic carbocycles. The van der Waals surface area contributed by atoms with Crippen LogP contribution in [0.1, 0.15) is 5.56 Å². The highest BCUT2D eigenvalue weighted by atomic mass is 16.5. The molecular weight excluding hydrogens is 242 g/mol. The molecule has 0 saturated carbocycles. The van der Waals surface area contributed by atoms with Crippen molar-refractivity contribution < 1.29 is 9.53 Å². The molecule has 0 aliphatic rings. The summed E-state index contributed by atoms with van der Waals surface area (Å²) in [6, 6.07) is 11.1. The normalized spacial score (nSPS) is 10.8. The molecule has 98 valence electrons. The molecule has 2 N–H and O–H groups in total. The summed E-state index contributed by atoms with van der Waals surface area (Å²) in [6.07, 6.45) is 1.59. The summed E-state index contributed by atoms with van der Waals surface area (Å²) in [6.45, 7) is 0. The number of primary amides is 1. The van der Waals surface area contributed by atoms with Crippen LogP contribution in [-0.2, 0) is 0 Å². The number of benzene rings is 2. The van der Waals surface area contributed by atoms with E-state index in [1.54, 1.807) is 13.3 Å². The maximum atomic E-state index is 10.8. The molecule has 2 rings (SSSR count). The van der Waals surface area contributed by atoms with Gasteiger partial charge in [-0.1, -0.05) is 18.2 Å². The minimum atomic E-state index is -0.596. The van der Waals surface area contributed by atoms with Crippen molar-refractivity contribution >= 4 is 23.0 Å². The van der Waals surface area contributed by atoms with Crippen LogP contribution in [0, 0.1) is 0 Å². The van der Waals surface area contributed by atoms with Crippen molar-refractivity contribution in [1.82, 2.24) is 5.01 Å². The monoisotopic (exact) mass is 257 g/mol. The van der Waals surface area contributed by atoms with Crippen LogP contribution in [0.2, 0.25) is 0 Å². The molecule has 0 bridgehead atoms. The molecular formula is C14H15N3O2. The van der Waals surface area contributed by atoms with E-state index in [-0.39, 0.29) is 0 Å². The van der Waals surface area contributed by atoms with Crippen LogP contribution >= 0.6 is 0 Å². The number of rotatable bonds is 3. The quantitative estimate of drug-likeness (QED) is 0.676. The Morgan fingerprint density at radius 2 is 1.95 bits per heavy atom. The molecule has 0 saturated heterocycles. The SMILES string of the molecule is COc1ccc2cc(C=NN(C)C(N)=O)ccc2c1. The number of methoxy groups -OCH3 is 1. The highest BCUT2D eigenvalue weighted by Gasteiger charge is 2.00. The molecule has 0 heterocycles. The van der Waals surface area contributed by atoms with E-state index < -0.39 is 6.03 Å². The van der Waals surface area contributed by atoms with E-state index in [4.69, 9.17) is 10.5 Å². The van der Waals surface area contributed by atoms with Crippen molar-refractivity contribution in [2.45, 2.75) is 0 Å². The highest BCUT2D eigenvalue weighted by molar-refractivity contribution is 5.91. The largest absolute Gasteiger partial charge is 0.497 e. The van der Waals surface area contributed by atoms with Gasteiger partial charge in [-0.15, -0.1) is 0 Å². The molecule has 0 aliphatic heterocycles. The van der Waals surface area contributed by atoms with Gasteiger partial charge in [-0.2, -0.15) is 5.10 Å². The molecule has 0 atom stereocenters. The number of ether oxygens (including phenoxy) is 1. The number of hydrazone groups is 1. The minimum absolute atomic E-state index is 0.596. The molecule has 2 aromatic rings. The second-order valence-electron chi connectivity index (χ2n) is 4.08. The molecule has 5 heteroatoms. The fourth-order valence-corrected chi connectivity index (χ4v) is 1.66. The fraction of sp³-hybridized carbons (Fsp3) is 0.143. The topological polar surface area (TPSA) is 67.9 Å². The van der Waals surface area contributed by atoms with Gasteiger partial charge in [0, 0.05) is 7.05 Å². The Morgan fingerprint density at radius 3 is 2.63 bits per heavy atom. The molecule has 0 fully saturated rings. The predicted octanol–water partition coefficient (Wildman–Crippen LogP) is 2.19. The number of nitrogens with zero attached hydrogens (tertiary/aromatic N) is 2. The van der Waals surface area contributed by atoms with E-state index in [0.29, 0.717) is 0 Å². The first kappa shape index (κ1) is 12.9. The number of carbonyl (C=O) groups excluding carboxylic acids is 1. The lowest BCUT2D eigenvalue weighted by Crippen LogP contribution is -2.27. The third-order valence-electron chi connectivity index (χ3n) is 2.77. The van der Waals surface area contributed by atoms with Gasteiger partial charge in [0.05, 0.1) is 13.3 Å². The molecule has 19 heavy (non-hydrogen) atoms. The third kappa shape index (κ3) is 3.01. The molecule has 0 radical (unpaired) electrons. The van der Waals surface area contributed by atoms with Gasteiger partial charge in [0.2, 0.25) is 0 Å². The van der Waals surface area contributed by atoms with Crippen LogP contribution in [0.15, 0.2) is 41.5 Å². The van der Waals surface area contributed by atoms with Crippen LogP contribution in [0.4, 0.5) is 4.79 Å². The summed E-state index contributed by atoms with van der Waals surface area (Å²) in [5.74, 6) is 0.822. The number of fused-ring (bicyclic) bond motifs is 1. The summed E-state index contributed by atoms with van der Waals surface area (Å²) in [4.78, 5) is 10.8. The van der Waals surface area contributed by atoms with E-state index in [0.717, 1.165) is 27.1 Å². The summed E-state index contributed by atoms with van der Waals surface area (Å²) in [5, 5.41) is 7.18. The molecule has 0 aromatic heterocycles. The van der Waals surface area contributed by atoms with Crippen LogP contribution in [0.25, 0.3) is 10.8 Å². The van der Waals surface area contributed by atoms with Gasteiger partial charge in [-0.3, -0.25) is 0 Å². The summed E-state index contributed by atoms with van der Waals surface area (Å²) < 4.78 is 5.17. The van der Waals surface area contributed by atoms with Crippen molar-refractivity contribution in [2.24, 2.45) is 10.8 Å². The molecule has 2 aromatic carbocycles. The van der Waals surface area contributed by atoms with Crippen LogP contribution in [0.5, 0.6) is 5.75 Å². The maximum absolute atomic E-state index is 10.8.